The van der Waals surface area contributed by atoms with Crippen LogP contribution in [0.1, 0.15) is 105 Å². The van der Waals surface area contributed by atoms with E-state index in [1.807, 2.05) is 0 Å². The Morgan fingerprint density at radius 3 is 2.58 bits per heavy atom. The summed E-state index contributed by atoms with van der Waals surface area (Å²) < 4.78 is 17.7. The molecular weight excluding hydrogens is 387 g/mol. The number of ether oxygens (including phenoxy) is 1. The molecule has 0 unspecified atom stereocenters. The third-order valence-electron chi connectivity index (χ3n) is 10.5. The van der Waals surface area contributed by atoms with Gasteiger partial charge in [-0.2, -0.15) is 0 Å². The molecule has 8 atom stereocenters. The lowest BCUT2D eigenvalue weighted by Crippen LogP contribution is -2.51. The van der Waals surface area contributed by atoms with Crippen molar-refractivity contribution in [1.29, 1.82) is 0 Å². The molecule has 4 aliphatic rings. The molecule has 2 nitrogen and oxygen atoms in total. The first kappa shape index (κ1) is 23.3. The second-order valence-electron chi connectivity index (χ2n) is 12.5. The van der Waals surface area contributed by atoms with E-state index in [1.54, 1.807) is 0 Å². The van der Waals surface area contributed by atoms with Gasteiger partial charge in [-0.1, -0.05) is 65.5 Å². The zero-order valence-corrected chi connectivity index (χ0v) is 20.6. The number of carbonyl (C=O) groups is 1. The number of rotatable bonds is 6. The summed E-state index contributed by atoms with van der Waals surface area (Å²) in [6, 6.07) is 0. The standard InChI is InChI=1S/C28H45FO2/c1-18(2)7-6-8-19(3)23-11-12-24-22-10-9-20-17-21(31-26(29)30)13-15-27(20,4)25(22)14-16-28(23,24)5/h9,18-19,21-25H,6-8,10-17H2,1-5H3/t19-,21-,22-,23+,24-,25-,27-,28+/m0/s1. The molecule has 0 radical (unpaired) electrons. The average molecular weight is 433 g/mol. The Balaban J connectivity index is 1.47. The van der Waals surface area contributed by atoms with Gasteiger partial charge in [0.2, 0.25) is 0 Å². The Labute approximate surface area is 189 Å². The molecule has 0 bridgehead atoms. The molecule has 31 heavy (non-hydrogen) atoms. The van der Waals surface area contributed by atoms with Crippen LogP contribution in [0, 0.1) is 46.3 Å². The van der Waals surface area contributed by atoms with E-state index >= 15 is 0 Å². The highest BCUT2D eigenvalue weighted by molar-refractivity contribution is 5.58. The van der Waals surface area contributed by atoms with Crippen LogP contribution in [0.25, 0.3) is 0 Å². The molecule has 176 valence electrons. The lowest BCUT2D eigenvalue weighted by atomic mass is 9.47. The molecule has 0 aromatic rings. The van der Waals surface area contributed by atoms with Gasteiger partial charge in [0.05, 0.1) is 0 Å². The van der Waals surface area contributed by atoms with Gasteiger partial charge in [-0.3, -0.25) is 0 Å². The highest BCUT2D eigenvalue weighted by Gasteiger charge is 2.59. The molecule has 3 saturated carbocycles. The molecule has 0 amide bonds. The maximum Gasteiger partial charge on any atom is 0.495 e. The molecule has 0 heterocycles. The maximum absolute atomic E-state index is 12.8. The summed E-state index contributed by atoms with van der Waals surface area (Å²) in [4.78, 5) is 10.8. The minimum absolute atomic E-state index is 0.227. The van der Waals surface area contributed by atoms with Crippen LogP contribution in [0.4, 0.5) is 9.18 Å². The van der Waals surface area contributed by atoms with Gasteiger partial charge in [0, 0.05) is 6.42 Å². The fourth-order valence-electron chi connectivity index (χ4n) is 8.88. The number of halogens is 1. The summed E-state index contributed by atoms with van der Waals surface area (Å²) in [6.07, 6.45) is 14.1. The van der Waals surface area contributed by atoms with Crippen molar-refractivity contribution in [3.63, 3.8) is 0 Å². The van der Waals surface area contributed by atoms with Crippen molar-refractivity contribution in [1.82, 2.24) is 0 Å². The van der Waals surface area contributed by atoms with Crippen molar-refractivity contribution in [2.45, 2.75) is 111 Å². The van der Waals surface area contributed by atoms with Crippen LogP contribution in [0.15, 0.2) is 11.6 Å². The van der Waals surface area contributed by atoms with Crippen LogP contribution in [-0.2, 0) is 4.74 Å². The smallest absolute Gasteiger partial charge is 0.437 e. The highest BCUT2D eigenvalue weighted by atomic mass is 19.1. The van der Waals surface area contributed by atoms with E-state index in [0.29, 0.717) is 5.41 Å². The fraction of sp³-hybridized carbons (Fsp3) is 0.893. The summed E-state index contributed by atoms with van der Waals surface area (Å²) in [7, 11) is 0. The summed E-state index contributed by atoms with van der Waals surface area (Å²) in [5.74, 6) is 4.98. The van der Waals surface area contributed by atoms with Crippen LogP contribution in [0.2, 0.25) is 0 Å². The molecule has 0 aliphatic heterocycles. The Hall–Kier alpha value is -0.860. The number of hydrogen-bond acceptors (Lipinski definition) is 2. The molecule has 4 aliphatic carbocycles. The zero-order valence-electron chi connectivity index (χ0n) is 20.6. The molecule has 0 aromatic heterocycles. The Kier molecular flexibility index (Phi) is 6.63. The maximum atomic E-state index is 12.8. The number of allylic oxidation sites excluding steroid dienone is 1. The monoisotopic (exact) mass is 432 g/mol. The van der Waals surface area contributed by atoms with Crippen LogP contribution in [0.3, 0.4) is 0 Å². The quantitative estimate of drug-likeness (QED) is 0.310. The lowest BCUT2D eigenvalue weighted by Gasteiger charge is -2.58. The minimum Gasteiger partial charge on any atom is -0.437 e. The number of fused-ring (bicyclic) bond motifs is 5. The molecule has 4 rings (SSSR count). The molecule has 3 heteroatoms. The molecule has 0 saturated heterocycles. The normalized spacial score (nSPS) is 42.9. The number of carbonyl (C=O) groups excluding carboxylic acids is 1. The van der Waals surface area contributed by atoms with E-state index in [-0.39, 0.29) is 11.5 Å². The Bertz CT molecular complexity index is 699. The van der Waals surface area contributed by atoms with Gasteiger partial charge in [0.1, 0.15) is 6.10 Å². The fourth-order valence-corrected chi connectivity index (χ4v) is 8.88. The van der Waals surface area contributed by atoms with Crippen molar-refractivity contribution >= 4 is 6.22 Å². The van der Waals surface area contributed by atoms with E-state index in [1.165, 1.54) is 56.9 Å². The van der Waals surface area contributed by atoms with Gasteiger partial charge in [-0.15, -0.1) is 4.39 Å². The molecule has 0 spiro atoms. The van der Waals surface area contributed by atoms with Crippen molar-refractivity contribution in [2.24, 2.45) is 46.3 Å². The zero-order chi connectivity index (χ0) is 22.4. The number of hydrogen-bond donors (Lipinski definition) is 0. The minimum atomic E-state index is -1.61. The molecule has 3 fully saturated rings. The van der Waals surface area contributed by atoms with E-state index in [2.05, 4.69) is 40.7 Å². The van der Waals surface area contributed by atoms with Crippen LogP contribution in [0.5, 0.6) is 0 Å². The van der Waals surface area contributed by atoms with Crippen LogP contribution < -0.4 is 0 Å². The summed E-state index contributed by atoms with van der Waals surface area (Å²) >= 11 is 0. The lowest BCUT2D eigenvalue weighted by molar-refractivity contribution is -0.0590. The van der Waals surface area contributed by atoms with E-state index in [9.17, 15) is 9.18 Å². The van der Waals surface area contributed by atoms with Gasteiger partial charge >= 0.3 is 6.22 Å². The highest BCUT2D eigenvalue weighted by Crippen LogP contribution is 2.67. The molecular formula is C28H45FO2. The first-order chi connectivity index (χ1) is 14.6. The SMILES string of the molecule is CC(C)CCC[C@H](C)[C@H]1CC[C@H]2[C@@H]3CC=C4C[C@@H](OC(=O)F)CC[C@]4(C)[C@H]3CC[C@]12C. The van der Waals surface area contributed by atoms with Gasteiger partial charge in [0.15, 0.2) is 0 Å². The van der Waals surface area contributed by atoms with Gasteiger partial charge in [-0.25, -0.2) is 4.79 Å². The van der Waals surface area contributed by atoms with E-state index < -0.39 is 6.22 Å². The van der Waals surface area contributed by atoms with Crippen LogP contribution in [-0.4, -0.2) is 12.3 Å². The predicted molar refractivity (Wildman–Crippen MR) is 124 cm³/mol. The second kappa shape index (κ2) is 8.82. The van der Waals surface area contributed by atoms with Crippen molar-refractivity contribution in [3.8, 4) is 0 Å². The summed E-state index contributed by atoms with van der Waals surface area (Å²) in [5.41, 5.74) is 2.19. The predicted octanol–water partition coefficient (Wildman–Crippen LogP) is 8.50. The van der Waals surface area contributed by atoms with Crippen molar-refractivity contribution in [3.05, 3.63) is 11.6 Å². The van der Waals surface area contributed by atoms with Gasteiger partial charge in [0.25, 0.3) is 0 Å². The summed E-state index contributed by atoms with van der Waals surface area (Å²) in [5, 5.41) is 0. The first-order valence-electron chi connectivity index (χ1n) is 13.2. The van der Waals surface area contributed by atoms with Crippen molar-refractivity contribution in [2.75, 3.05) is 0 Å². The van der Waals surface area contributed by atoms with E-state index in [4.69, 9.17) is 4.74 Å². The Morgan fingerprint density at radius 2 is 1.87 bits per heavy atom. The van der Waals surface area contributed by atoms with Crippen LogP contribution >= 0.6 is 0 Å². The van der Waals surface area contributed by atoms with Gasteiger partial charge in [-0.05, 0) is 91.3 Å². The Morgan fingerprint density at radius 1 is 1.10 bits per heavy atom. The van der Waals surface area contributed by atoms with Gasteiger partial charge < -0.3 is 4.74 Å². The van der Waals surface area contributed by atoms with Crippen molar-refractivity contribution < 1.29 is 13.9 Å². The topological polar surface area (TPSA) is 26.3 Å². The largest absolute Gasteiger partial charge is 0.495 e. The molecule has 0 N–H and O–H groups in total. The third kappa shape index (κ3) is 4.24. The van der Waals surface area contributed by atoms with E-state index in [0.717, 1.165) is 54.8 Å². The average Bonchev–Trinajstić information content (AvgIpc) is 3.05. The second-order valence-corrected chi connectivity index (χ2v) is 12.5. The molecule has 0 aromatic carbocycles. The first-order valence-corrected chi connectivity index (χ1v) is 13.2. The third-order valence-corrected chi connectivity index (χ3v) is 10.5. The summed E-state index contributed by atoms with van der Waals surface area (Å²) in [6.45, 7) is 12.3.